The van der Waals surface area contributed by atoms with Crippen molar-refractivity contribution in [2.75, 3.05) is 7.11 Å². The van der Waals surface area contributed by atoms with E-state index in [2.05, 4.69) is 0 Å². The number of ketones is 1. The smallest absolute Gasteiger partial charge is 0.280 e. The molecule has 5 nitrogen and oxygen atoms in total. The Labute approximate surface area is 116 Å². The van der Waals surface area contributed by atoms with Gasteiger partial charge in [0.25, 0.3) is 5.69 Å². The molecule has 0 N–H and O–H groups in total. The van der Waals surface area contributed by atoms with Crippen molar-refractivity contribution in [1.29, 1.82) is 0 Å². The number of nitro benzene ring substituents is 1. The zero-order valence-corrected chi connectivity index (χ0v) is 11.1. The topological polar surface area (TPSA) is 69.4 Å². The number of Topliss-reactive ketones (excluding diaryl/α,β-unsaturated/α-hetero) is 1. The highest BCUT2D eigenvalue weighted by atomic mass is 16.6. The van der Waals surface area contributed by atoms with Crippen LogP contribution in [0.2, 0.25) is 0 Å². The lowest BCUT2D eigenvalue weighted by Crippen LogP contribution is -1.95. The van der Waals surface area contributed by atoms with Crippen molar-refractivity contribution in [3.8, 4) is 16.9 Å². The average molecular weight is 271 g/mol. The third-order valence-electron chi connectivity index (χ3n) is 3.00. The van der Waals surface area contributed by atoms with Crippen LogP contribution in [-0.2, 0) is 0 Å². The van der Waals surface area contributed by atoms with Gasteiger partial charge in [0.15, 0.2) is 5.78 Å². The Hall–Kier alpha value is -2.69. The Morgan fingerprint density at radius 3 is 2.30 bits per heavy atom. The normalized spacial score (nSPS) is 10.1. The number of hydrogen-bond acceptors (Lipinski definition) is 4. The van der Waals surface area contributed by atoms with Gasteiger partial charge in [-0.15, -0.1) is 0 Å². The summed E-state index contributed by atoms with van der Waals surface area (Å²) in [6, 6.07) is 11.4. The molecule has 0 aliphatic rings. The number of nitro groups is 1. The van der Waals surface area contributed by atoms with Crippen LogP contribution >= 0.6 is 0 Å². The summed E-state index contributed by atoms with van der Waals surface area (Å²) in [7, 11) is 1.46. The molecule has 20 heavy (non-hydrogen) atoms. The fourth-order valence-corrected chi connectivity index (χ4v) is 1.92. The number of nitrogens with zero attached hydrogens (tertiary/aromatic N) is 1. The summed E-state index contributed by atoms with van der Waals surface area (Å²) in [5, 5.41) is 11.1. The van der Waals surface area contributed by atoms with Crippen LogP contribution < -0.4 is 4.74 Å². The van der Waals surface area contributed by atoms with E-state index >= 15 is 0 Å². The fourth-order valence-electron chi connectivity index (χ4n) is 1.92. The predicted molar refractivity (Wildman–Crippen MR) is 75.1 cm³/mol. The van der Waals surface area contributed by atoms with Gasteiger partial charge >= 0.3 is 0 Å². The number of rotatable bonds is 4. The number of ether oxygens (including phenoxy) is 1. The number of methoxy groups -OCH3 is 1. The van der Waals surface area contributed by atoms with Gasteiger partial charge in [0.05, 0.1) is 23.7 Å². The molecule has 2 rings (SSSR count). The highest BCUT2D eigenvalue weighted by Gasteiger charge is 2.16. The Kier molecular flexibility index (Phi) is 3.79. The molecular weight excluding hydrogens is 258 g/mol. The van der Waals surface area contributed by atoms with Gasteiger partial charge in [-0.3, -0.25) is 14.9 Å². The molecular formula is C15H13NO4. The molecule has 0 atom stereocenters. The molecule has 0 amide bonds. The van der Waals surface area contributed by atoms with Crippen molar-refractivity contribution in [2.45, 2.75) is 6.92 Å². The van der Waals surface area contributed by atoms with Crippen molar-refractivity contribution >= 4 is 11.5 Å². The monoisotopic (exact) mass is 271 g/mol. The van der Waals surface area contributed by atoms with Crippen LogP contribution in [0.25, 0.3) is 11.1 Å². The van der Waals surface area contributed by atoms with E-state index in [1.54, 1.807) is 36.4 Å². The Bertz CT molecular complexity index is 662. The lowest BCUT2D eigenvalue weighted by Gasteiger charge is -2.06. The molecule has 0 aromatic heterocycles. The van der Waals surface area contributed by atoms with Gasteiger partial charge in [-0.25, -0.2) is 0 Å². The lowest BCUT2D eigenvalue weighted by molar-refractivity contribution is -0.384. The van der Waals surface area contributed by atoms with Gasteiger partial charge in [-0.1, -0.05) is 24.3 Å². The average Bonchev–Trinajstić information content (AvgIpc) is 2.46. The van der Waals surface area contributed by atoms with Gasteiger partial charge in [0.1, 0.15) is 5.75 Å². The highest BCUT2D eigenvalue weighted by molar-refractivity contribution is 5.94. The van der Waals surface area contributed by atoms with E-state index < -0.39 is 4.92 Å². The summed E-state index contributed by atoms with van der Waals surface area (Å²) >= 11 is 0. The third-order valence-corrected chi connectivity index (χ3v) is 3.00. The van der Waals surface area contributed by atoms with Gasteiger partial charge < -0.3 is 4.74 Å². The van der Waals surface area contributed by atoms with Gasteiger partial charge in [-0.2, -0.15) is 0 Å². The van der Waals surface area contributed by atoms with E-state index in [0.29, 0.717) is 22.4 Å². The first-order valence-electron chi connectivity index (χ1n) is 5.96. The van der Waals surface area contributed by atoms with E-state index in [0.717, 1.165) is 0 Å². The maximum absolute atomic E-state index is 11.2. The van der Waals surface area contributed by atoms with Gasteiger partial charge in [0.2, 0.25) is 0 Å². The standard InChI is InChI=1S/C15H13NO4/c1-10(17)11-3-5-12(6-4-11)14-8-7-13(20-2)9-15(14)16(18)19/h3-9H,1-2H3. The van der Waals surface area contributed by atoms with Gasteiger partial charge in [0, 0.05) is 5.56 Å². The van der Waals surface area contributed by atoms with Crippen molar-refractivity contribution in [3.05, 3.63) is 58.1 Å². The summed E-state index contributed by atoms with van der Waals surface area (Å²) in [6.45, 7) is 1.48. The first kappa shape index (κ1) is 13.7. The molecule has 0 fully saturated rings. The molecule has 0 spiro atoms. The zero-order chi connectivity index (χ0) is 14.7. The Morgan fingerprint density at radius 1 is 1.15 bits per heavy atom. The molecule has 0 heterocycles. The first-order chi connectivity index (χ1) is 9.52. The summed E-state index contributed by atoms with van der Waals surface area (Å²) in [5.41, 5.74) is 1.72. The van der Waals surface area contributed by atoms with E-state index in [9.17, 15) is 14.9 Å². The largest absolute Gasteiger partial charge is 0.497 e. The highest BCUT2D eigenvalue weighted by Crippen LogP contribution is 2.33. The number of hydrogen-bond donors (Lipinski definition) is 0. The molecule has 0 aliphatic heterocycles. The maximum Gasteiger partial charge on any atom is 0.280 e. The minimum atomic E-state index is -0.448. The zero-order valence-electron chi connectivity index (χ0n) is 11.1. The second-order valence-corrected chi connectivity index (χ2v) is 4.27. The number of benzene rings is 2. The molecule has 0 saturated carbocycles. The van der Waals surface area contributed by atoms with E-state index in [1.165, 1.54) is 20.1 Å². The van der Waals surface area contributed by atoms with E-state index in [1.807, 2.05) is 0 Å². The van der Waals surface area contributed by atoms with Crippen LogP contribution in [0.15, 0.2) is 42.5 Å². The molecule has 0 aliphatic carbocycles. The minimum Gasteiger partial charge on any atom is -0.497 e. The summed E-state index contributed by atoms with van der Waals surface area (Å²) in [4.78, 5) is 21.9. The lowest BCUT2D eigenvalue weighted by atomic mass is 10.0. The Balaban J connectivity index is 2.51. The minimum absolute atomic E-state index is 0.0278. The van der Waals surface area contributed by atoms with Crippen molar-refractivity contribution in [3.63, 3.8) is 0 Å². The van der Waals surface area contributed by atoms with Crippen LogP contribution in [-0.4, -0.2) is 17.8 Å². The quantitative estimate of drug-likeness (QED) is 0.485. The first-order valence-corrected chi connectivity index (χ1v) is 5.96. The van der Waals surface area contributed by atoms with Crippen LogP contribution in [0.1, 0.15) is 17.3 Å². The van der Waals surface area contributed by atoms with Crippen molar-refractivity contribution in [2.24, 2.45) is 0 Å². The summed E-state index contributed by atoms with van der Waals surface area (Å²) < 4.78 is 5.00. The molecule has 0 unspecified atom stereocenters. The van der Waals surface area contributed by atoms with Gasteiger partial charge in [-0.05, 0) is 24.6 Å². The second-order valence-electron chi connectivity index (χ2n) is 4.27. The number of carbonyl (C=O) groups excluding carboxylic acids is 1. The van der Waals surface area contributed by atoms with E-state index in [-0.39, 0.29) is 11.5 Å². The van der Waals surface area contributed by atoms with Crippen LogP contribution in [0.3, 0.4) is 0 Å². The van der Waals surface area contributed by atoms with Crippen LogP contribution in [0.4, 0.5) is 5.69 Å². The maximum atomic E-state index is 11.2. The Morgan fingerprint density at radius 2 is 1.80 bits per heavy atom. The molecule has 0 saturated heterocycles. The summed E-state index contributed by atoms with van der Waals surface area (Å²) in [5.74, 6) is 0.390. The fraction of sp³-hybridized carbons (Fsp3) is 0.133. The molecule has 5 heteroatoms. The third kappa shape index (κ3) is 2.66. The molecule has 2 aromatic rings. The predicted octanol–water partition coefficient (Wildman–Crippen LogP) is 3.47. The van der Waals surface area contributed by atoms with Crippen molar-refractivity contribution in [1.82, 2.24) is 0 Å². The van der Waals surface area contributed by atoms with Crippen LogP contribution in [0.5, 0.6) is 5.75 Å². The second kappa shape index (κ2) is 5.52. The molecule has 102 valence electrons. The molecule has 0 radical (unpaired) electrons. The van der Waals surface area contributed by atoms with Crippen LogP contribution in [0, 0.1) is 10.1 Å². The summed E-state index contributed by atoms with van der Waals surface area (Å²) in [6.07, 6.45) is 0. The SMILES string of the molecule is COc1ccc(-c2ccc(C(C)=O)cc2)c([N+](=O)[O-])c1. The number of carbonyl (C=O) groups is 1. The molecule has 0 bridgehead atoms. The van der Waals surface area contributed by atoms with Crippen molar-refractivity contribution < 1.29 is 14.5 Å². The molecule has 2 aromatic carbocycles. The van der Waals surface area contributed by atoms with E-state index in [4.69, 9.17) is 4.74 Å².